The molecule has 2 amide bonds. The number of ether oxygens (including phenoxy) is 1. The van der Waals surface area contributed by atoms with Crippen LogP contribution in [0.1, 0.15) is 68.6 Å². The highest BCUT2D eigenvalue weighted by Crippen LogP contribution is 2.45. The molecule has 7 nitrogen and oxygen atoms in total. The molecule has 0 radical (unpaired) electrons. The molecule has 1 saturated carbocycles. The van der Waals surface area contributed by atoms with Crippen molar-refractivity contribution in [3.05, 3.63) is 65.0 Å². The first-order chi connectivity index (χ1) is 19.8. The molecule has 0 unspecified atom stereocenters. The summed E-state index contributed by atoms with van der Waals surface area (Å²) in [4.78, 5) is 26.2. The van der Waals surface area contributed by atoms with Crippen molar-refractivity contribution in [3.8, 4) is 5.75 Å². The Bertz CT molecular complexity index is 1180. The van der Waals surface area contributed by atoms with E-state index >= 15 is 0 Å². The molecule has 1 aliphatic heterocycles. The summed E-state index contributed by atoms with van der Waals surface area (Å²) in [6.45, 7) is 2.81. The number of aliphatic hydroxyl groups excluding tert-OH is 1. The Morgan fingerprint density at radius 1 is 1.15 bits per heavy atom. The number of rotatable bonds is 9. The van der Waals surface area contributed by atoms with Gasteiger partial charge in [0.25, 0.3) is 0 Å². The van der Waals surface area contributed by atoms with E-state index < -0.39 is 24.0 Å². The molecule has 41 heavy (non-hydrogen) atoms. The third-order valence-corrected chi connectivity index (χ3v) is 8.69. The van der Waals surface area contributed by atoms with Crippen molar-refractivity contribution in [1.82, 2.24) is 16.0 Å². The Hall–Kier alpha value is -2.62. The van der Waals surface area contributed by atoms with Crippen molar-refractivity contribution in [1.29, 1.82) is 0 Å². The summed E-state index contributed by atoms with van der Waals surface area (Å²) < 4.78 is 20.4. The zero-order chi connectivity index (χ0) is 29.2. The maximum Gasteiger partial charge on any atom is 0.242 e. The Kier molecular flexibility index (Phi) is 11.5. The van der Waals surface area contributed by atoms with Gasteiger partial charge in [-0.1, -0.05) is 31.2 Å². The molecule has 224 valence electrons. The SMILES string of the molecule is CCc1cccc(C2(NC[C@@H](O)[C@@H]3Cc4cc(F)cc(c4)OCCCCCC(=O)N[C@@H](CCSC)C(=O)N3)CC2)c1. The number of thioether (sulfide) groups is 1. The Morgan fingerprint density at radius 2 is 1.98 bits per heavy atom. The lowest BCUT2D eigenvalue weighted by Crippen LogP contribution is -2.55. The van der Waals surface area contributed by atoms with Gasteiger partial charge in [0, 0.05) is 24.6 Å². The van der Waals surface area contributed by atoms with Gasteiger partial charge in [0.15, 0.2) is 0 Å². The Labute approximate surface area is 247 Å². The topological polar surface area (TPSA) is 99.7 Å². The lowest BCUT2D eigenvalue weighted by Gasteiger charge is -2.29. The number of carbonyl (C=O) groups excluding carboxylic acids is 2. The highest BCUT2D eigenvalue weighted by molar-refractivity contribution is 7.98. The number of fused-ring (bicyclic) bond motifs is 2. The maximum atomic E-state index is 14.6. The molecule has 1 aliphatic carbocycles. The molecule has 2 bridgehead atoms. The van der Waals surface area contributed by atoms with Crippen molar-refractivity contribution >= 4 is 23.6 Å². The summed E-state index contributed by atoms with van der Waals surface area (Å²) in [6, 6.07) is 11.7. The van der Waals surface area contributed by atoms with Gasteiger partial charge in [0.2, 0.25) is 11.8 Å². The van der Waals surface area contributed by atoms with Crippen molar-refractivity contribution in [3.63, 3.8) is 0 Å². The van der Waals surface area contributed by atoms with E-state index in [1.807, 2.05) is 6.26 Å². The molecular weight excluding hydrogens is 541 g/mol. The summed E-state index contributed by atoms with van der Waals surface area (Å²) in [5, 5.41) is 20.9. The van der Waals surface area contributed by atoms with Crippen LogP contribution in [0.15, 0.2) is 42.5 Å². The molecule has 9 heteroatoms. The monoisotopic (exact) mass is 585 g/mol. The Morgan fingerprint density at radius 3 is 2.73 bits per heavy atom. The van der Waals surface area contributed by atoms with Crippen LogP contribution in [0.2, 0.25) is 0 Å². The van der Waals surface area contributed by atoms with Crippen LogP contribution >= 0.6 is 11.8 Å². The summed E-state index contributed by atoms with van der Waals surface area (Å²) in [5.41, 5.74) is 2.91. The lowest BCUT2D eigenvalue weighted by molar-refractivity contribution is -0.130. The van der Waals surface area contributed by atoms with E-state index in [4.69, 9.17) is 4.74 Å². The fourth-order valence-corrected chi connectivity index (χ4v) is 5.86. The van der Waals surface area contributed by atoms with Gasteiger partial charge in [-0.2, -0.15) is 11.8 Å². The molecular formula is C32H44FN3O4S. The minimum absolute atomic E-state index is 0.157. The smallest absolute Gasteiger partial charge is 0.242 e. The van der Waals surface area contributed by atoms with E-state index in [0.717, 1.165) is 32.1 Å². The van der Waals surface area contributed by atoms with Crippen LogP contribution in [0.4, 0.5) is 4.39 Å². The molecule has 0 aromatic heterocycles. The second-order valence-electron chi connectivity index (χ2n) is 11.3. The number of amides is 2. The second-order valence-corrected chi connectivity index (χ2v) is 12.2. The number of aliphatic hydroxyl groups is 1. The van der Waals surface area contributed by atoms with Crippen molar-refractivity contribution in [2.24, 2.45) is 0 Å². The lowest BCUT2D eigenvalue weighted by atomic mass is 9.98. The van der Waals surface area contributed by atoms with Crippen LogP contribution in [0.25, 0.3) is 0 Å². The van der Waals surface area contributed by atoms with Gasteiger partial charge < -0.3 is 25.8 Å². The van der Waals surface area contributed by atoms with E-state index in [0.29, 0.717) is 42.9 Å². The summed E-state index contributed by atoms with van der Waals surface area (Å²) in [5.74, 6) is 0.211. The zero-order valence-electron chi connectivity index (χ0n) is 24.2. The van der Waals surface area contributed by atoms with Crippen molar-refractivity contribution < 1.29 is 23.8 Å². The van der Waals surface area contributed by atoms with E-state index in [-0.39, 0.29) is 30.3 Å². The molecule has 2 aliphatic rings. The van der Waals surface area contributed by atoms with Gasteiger partial charge in [-0.05, 0) is 92.2 Å². The van der Waals surface area contributed by atoms with E-state index in [1.54, 1.807) is 17.8 Å². The number of hydrogen-bond donors (Lipinski definition) is 4. The summed E-state index contributed by atoms with van der Waals surface area (Å²) >= 11 is 1.61. The molecule has 1 fully saturated rings. The fourth-order valence-electron chi connectivity index (χ4n) is 5.39. The van der Waals surface area contributed by atoms with Gasteiger partial charge in [-0.15, -0.1) is 0 Å². The van der Waals surface area contributed by atoms with Gasteiger partial charge in [-0.25, -0.2) is 4.39 Å². The molecule has 1 heterocycles. The molecule has 4 rings (SSSR count). The van der Waals surface area contributed by atoms with Gasteiger partial charge in [0.05, 0.1) is 18.8 Å². The average molecular weight is 586 g/mol. The molecule has 2 aromatic carbocycles. The number of nitrogens with one attached hydrogen (secondary N) is 3. The van der Waals surface area contributed by atoms with Crippen LogP contribution in [0, 0.1) is 5.82 Å². The predicted octanol–water partition coefficient (Wildman–Crippen LogP) is 4.25. The number of hydrogen-bond acceptors (Lipinski definition) is 6. The fraction of sp³-hybridized carbons (Fsp3) is 0.562. The van der Waals surface area contributed by atoms with Gasteiger partial charge >= 0.3 is 0 Å². The number of halogens is 1. The van der Waals surface area contributed by atoms with E-state index in [1.165, 1.54) is 23.3 Å². The first kappa shape index (κ1) is 31.3. The van der Waals surface area contributed by atoms with E-state index in [2.05, 4.69) is 47.1 Å². The highest BCUT2D eigenvalue weighted by atomic mass is 32.2. The van der Waals surface area contributed by atoms with Crippen LogP contribution in [-0.2, 0) is 28.0 Å². The predicted molar refractivity (Wildman–Crippen MR) is 162 cm³/mol. The molecule has 0 saturated heterocycles. The number of aryl methyl sites for hydroxylation is 1. The maximum absolute atomic E-state index is 14.6. The molecule has 4 N–H and O–H groups in total. The molecule has 0 spiro atoms. The summed E-state index contributed by atoms with van der Waals surface area (Å²) in [6.07, 6.45) is 7.13. The first-order valence-electron chi connectivity index (χ1n) is 14.9. The molecule has 2 aromatic rings. The van der Waals surface area contributed by atoms with Crippen LogP contribution in [0.5, 0.6) is 5.75 Å². The van der Waals surface area contributed by atoms with Crippen LogP contribution < -0.4 is 20.7 Å². The van der Waals surface area contributed by atoms with Gasteiger partial charge in [0.1, 0.15) is 17.6 Å². The van der Waals surface area contributed by atoms with Crippen molar-refractivity contribution in [2.45, 2.75) is 88.4 Å². The van der Waals surface area contributed by atoms with Crippen molar-refractivity contribution in [2.75, 3.05) is 25.2 Å². The zero-order valence-corrected chi connectivity index (χ0v) is 25.0. The van der Waals surface area contributed by atoms with Crippen LogP contribution in [-0.4, -0.2) is 60.3 Å². The normalized spacial score (nSPS) is 22.2. The third-order valence-electron chi connectivity index (χ3n) is 8.05. The highest BCUT2D eigenvalue weighted by Gasteiger charge is 2.44. The minimum atomic E-state index is -0.950. The van der Waals surface area contributed by atoms with Crippen LogP contribution in [0.3, 0.4) is 0 Å². The first-order valence-corrected chi connectivity index (χ1v) is 16.2. The quantitative estimate of drug-likeness (QED) is 0.351. The third kappa shape index (κ3) is 9.18. The average Bonchev–Trinajstić information content (AvgIpc) is 3.76. The van der Waals surface area contributed by atoms with Gasteiger partial charge in [-0.3, -0.25) is 9.59 Å². The Balaban J connectivity index is 1.55. The number of benzene rings is 2. The minimum Gasteiger partial charge on any atom is -0.493 e. The van der Waals surface area contributed by atoms with E-state index in [9.17, 15) is 19.1 Å². The standard InChI is InChI=1S/C32H44FN3O4S/c1-3-22-8-7-9-24(16-22)32(12-13-32)34-21-29(37)28-19-23-17-25(33)20-26(18-23)40-14-6-4-5-10-30(38)35-27(11-15-41-2)31(39)36-28/h7-9,16-18,20,27-29,34,37H,3-6,10-15,19,21H2,1-2H3,(H,35,38)(H,36,39)/t27-,28-,29+/m0/s1. The largest absolute Gasteiger partial charge is 0.493 e. The second kappa shape index (κ2) is 15.0. The summed E-state index contributed by atoms with van der Waals surface area (Å²) in [7, 11) is 0. The molecule has 3 atom stereocenters. The number of carbonyl (C=O) groups is 2.